The van der Waals surface area contributed by atoms with Gasteiger partial charge in [0.2, 0.25) is 6.39 Å². The van der Waals surface area contributed by atoms with Crippen LogP contribution in [0.15, 0.2) is 479 Å². The lowest BCUT2D eigenvalue weighted by Crippen LogP contribution is -1.73. The summed E-state index contributed by atoms with van der Waals surface area (Å²) in [5, 5.41) is 77.6. The maximum atomic E-state index is 4.58. The molecule has 25 rings (SSSR count). The van der Waals surface area contributed by atoms with Gasteiger partial charge in [0.05, 0.1) is 118 Å². The monoisotopic (exact) mass is 1890 g/mol. The van der Waals surface area contributed by atoms with E-state index in [1.807, 2.05) is 118 Å². The second-order valence-electron chi connectivity index (χ2n) is 18.9. The number of aliphatic imine (C=N–C) groups is 2. The summed E-state index contributed by atoms with van der Waals surface area (Å²) < 4.78 is 48.2. The van der Waals surface area contributed by atoms with E-state index in [4.69, 9.17) is 0 Å². The van der Waals surface area contributed by atoms with Crippen LogP contribution in [-0.4, -0.2) is 199 Å². The normalized spacial score (nSPS) is 10.2. The maximum absolute atomic E-state index is 4.58. The summed E-state index contributed by atoms with van der Waals surface area (Å²) in [6, 6.07) is 22.5. The highest BCUT2D eigenvalue weighted by molar-refractivity contribution is 7.08. The van der Waals surface area contributed by atoms with E-state index in [2.05, 4.69) is 250 Å². The highest BCUT2D eigenvalue weighted by Gasteiger charge is 1.79. The molecule has 0 bridgehead atoms. The summed E-state index contributed by atoms with van der Waals surface area (Å²) in [5.74, 6) is 0. The first-order valence-corrected chi connectivity index (χ1v) is 42.1. The fourth-order valence-electron chi connectivity index (χ4n) is 5.18. The van der Waals surface area contributed by atoms with Crippen molar-refractivity contribution in [2.24, 2.45) is 45.9 Å². The molecular formula is C77H83N39O7S7. The van der Waals surface area contributed by atoms with Crippen molar-refractivity contribution < 1.29 is 31.7 Å². The summed E-state index contributed by atoms with van der Waals surface area (Å²) in [6.07, 6.45) is 86.4. The molecule has 53 heteroatoms. The molecule has 46 nitrogen and oxygen atoms in total. The Bertz CT molecular complexity index is 3680. The minimum absolute atomic E-state index is 0.667. The van der Waals surface area contributed by atoms with Gasteiger partial charge in [0.25, 0.3) is 0 Å². The van der Waals surface area contributed by atoms with Crippen molar-refractivity contribution in [3.8, 4) is 0 Å². The second kappa shape index (κ2) is 108. The summed E-state index contributed by atoms with van der Waals surface area (Å²) in [5.41, 5.74) is 6.83. The van der Waals surface area contributed by atoms with Crippen molar-refractivity contribution in [3.05, 3.63) is 401 Å². The molecule has 0 aromatic carbocycles. The van der Waals surface area contributed by atoms with Crippen LogP contribution in [0.4, 0.5) is 0 Å². The van der Waals surface area contributed by atoms with Crippen molar-refractivity contribution >= 4 is 111 Å². The average Bonchev–Trinajstić information content (AvgIpc) is 2.05. The summed E-state index contributed by atoms with van der Waals surface area (Å²) >= 11 is 10.2. The van der Waals surface area contributed by atoms with Gasteiger partial charge in [0.15, 0.2) is 12.7 Å². The molecule has 0 unspecified atom stereocenters. The van der Waals surface area contributed by atoms with E-state index in [0.29, 0.717) is 6.54 Å². The van der Waals surface area contributed by atoms with E-state index in [0.717, 1.165) is 32.4 Å². The predicted octanol–water partition coefficient (Wildman–Crippen LogP) is 16.4. The molecule has 0 atom stereocenters. The molecule has 19 aromatic heterocycles. The van der Waals surface area contributed by atoms with Gasteiger partial charge in [-0.1, -0.05) is 90.1 Å². The second-order valence-corrected chi connectivity index (χ2v) is 23.7. The Morgan fingerprint density at radius 2 is 0.992 bits per heavy atom. The van der Waals surface area contributed by atoms with Crippen LogP contribution in [0.1, 0.15) is 19.3 Å². The number of furan rings is 1. The minimum Gasteiger partial charge on any atom is -0.473 e. The van der Waals surface area contributed by atoms with E-state index in [1.54, 1.807) is 212 Å². The van der Waals surface area contributed by atoms with Crippen molar-refractivity contribution in [1.82, 2.24) is 149 Å². The van der Waals surface area contributed by atoms with E-state index in [9.17, 15) is 0 Å². The molecule has 130 heavy (non-hydrogen) atoms. The molecule has 1 aliphatic carbocycles. The molecule has 19 aromatic rings. The zero-order valence-corrected chi connectivity index (χ0v) is 74.1. The molecule has 24 heterocycles. The van der Waals surface area contributed by atoms with Crippen LogP contribution >= 0.6 is 80.3 Å². The van der Waals surface area contributed by atoms with E-state index in [-0.39, 0.29) is 0 Å². The number of pyridine rings is 1. The van der Waals surface area contributed by atoms with Crippen molar-refractivity contribution in [3.63, 3.8) is 0 Å². The third-order valence-corrected chi connectivity index (χ3v) is 13.3. The summed E-state index contributed by atoms with van der Waals surface area (Å²) in [6.45, 7) is 2.33. The van der Waals surface area contributed by atoms with Gasteiger partial charge in [-0.15, -0.1) is 48.2 Å². The molecular weight excluding hydrogens is 1810 g/mol. The fraction of sp³-hybridized carbons (Fsp3) is 0.0779. The number of nitrogens with zero attached hydrogens (tertiary/aromatic N) is 39. The lowest BCUT2D eigenvalue weighted by atomic mass is 10.5. The molecule has 0 fully saturated rings. The molecule has 0 N–H and O–H groups in total. The van der Waals surface area contributed by atoms with Crippen LogP contribution in [0, 0.1) is 0 Å². The van der Waals surface area contributed by atoms with Gasteiger partial charge in [-0.05, 0) is 124 Å². The third-order valence-electron chi connectivity index (χ3n) is 9.88. The number of azo groups is 1. The van der Waals surface area contributed by atoms with Crippen LogP contribution in [0.25, 0.3) is 0 Å². The largest absolute Gasteiger partial charge is 0.473 e. The Hall–Kier alpha value is -16.9. The number of allylic oxidation sites excluding steroid dienone is 6. The van der Waals surface area contributed by atoms with Crippen LogP contribution in [0.5, 0.6) is 0 Å². The third kappa shape index (κ3) is 105. The highest BCUT2D eigenvalue weighted by atomic mass is 32.1. The highest BCUT2D eigenvalue weighted by Crippen LogP contribution is 1.94. The molecule has 0 saturated carbocycles. The van der Waals surface area contributed by atoms with E-state index in [1.165, 1.54) is 158 Å². The summed E-state index contributed by atoms with van der Waals surface area (Å²) in [7, 11) is 0. The Balaban J connectivity index is 0.000000677. The SMILES string of the molecule is C1=CCC=C1.C1=CCN=C1.C1=CN=CC1.C1=CN=NC1.C1=NN=CC1.C1=NN=NC1.c1ccncc1.c1ccnnc1.c1ccoc1.c1ccsc1.c1cnccn1.c1cncnc1.c1cnoc1.c1cnon1.c1cnon1.c1cnsc1.c1cnsn1.c1cocn1.c1conn1.c1cscn1.c1csnn1.c1ncncn1.c1ncon1.c1ncsn1.c1nncs1. The first kappa shape index (κ1) is 111. The van der Waals surface area contributed by atoms with Gasteiger partial charge < -0.3 is 22.4 Å². The van der Waals surface area contributed by atoms with Gasteiger partial charge in [0.1, 0.15) is 67.0 Å². The zero-order chi connectivity index (χ0) is 91.9. The zero-order valence-electron chi connectivity index (χ0n) is 68.4. The lowest BCUT2D eigenvalue weighted by molar-refractivity contribution is 0.307. The number of rotatable bonds is 0. The first-order valence-electron chi connectivity index (χ1n) is 36.0. The van der Waals surface area contributed by atoms with Gasteiger partial charge in [-0.3, -0.25) is 29.9 Å². The van der Waals surface area contributed by atoms with Gasteiger partial charge in [-0.2, -0.15) is 60.2 Å². The number of aromatic nitrogens is 30. The molecule has 5 aliphatic heterocycles. The summed E-state index contributed by atoms with van der Waals surface area (Å²) in [4.78, 5) is 51.3. The Kier molecular flexibility index (Phi) is 92.5. The van der Waals surface area contributed by atoms with Gasteiger partial charge in [0, 0.05) is 146 Å². The lowest BCUT2D eigenvalue weighted by Gasteiger charge is -1.70. The quantitative estimate of drug-likeness (QED) is 0.136. The van der Waals surface area contributed by atoms with Crippen LogP contribution in [0.3, 0.4) is 0 Å². The van der Waals surface area contributed by atoms with Gasteiger partial charge >= 0.3 is 0 Å². The van der Waals surface area contributed by atoms with Crippen LogP contribution in [-0.2, 0) is 0 Å². The van der Waals surface area contributed by atoms with Crippen molar-refractivity contribution in [2.75, 3.05) is 19.6 Å². The predicted molar refractivity (Wildman–Crippen MR) is 494 cm³/mol. The van der Waals surface area contributed by atoms with Crippen molar-refractivity contribution in [1.29, 1.82) is 0 Å². The molecule has 670 valence electrons. The number of thiazole rings is 1. The standard InChI is InChI=1S/C5H5N.C5H6.3C4H4N2.2C4H5N.C4H4O.C4H4S.C3H3N3.2C3H4N2.2C3H3NO.2C3H3NS.C2H3N3.4C2H2N2O.4C2H2N2S/c1-2-4-6-5-3-1;1-2-4-5-3-1;1-2-6-4-3-5-1;1-2-5-4-6-3-1;1-2-4-6-5-3-1;4*1-2-4-5-3-1;1-4-2-6-3-5-1;2*1-2-4-5-3-1;1-2-5-3-4-1;1-2-4-5-3-1;1-2-5-3-4-1;2*1-2-4-5-3-1;1-3-2-5-4-1;1-2-5-4-3-1;2*1-2-4-5-3-1;1-3-4-2-5-1;1-3-2-5-4-1;1-2-5-4-3-1;1-2-4-5-3-1/h1-5H;1-4H,5H2;3*1-4H;1,3-4H,2H2;1-3H,4H2;2*1-4H;1-3H;2-3H,1H2;1-2H,3H2;4*1-3H;1H,2H2;8*1-2H. The molecule has 6 aliphatic rings. The van der Waals surface area contributed by atoms with Crippen molar-refractivity contribution in [2.45, 2.75) is 19.3 Å². The first-order chi connectivity index (χ1) is 65.0. The minimum atomic E-state index is 0.667. The Labute approximate surface area is 772 Å². The number of hydrogen-bond donors (Lipinski definition) is 0. The number of oxazole rings is 1. The van der Waals surface area contributed by atoms with E-state index < -0.39 is 0 Å². The Morgan fingerprint density at radius 3 is 1.18 bits per heavy atom. The fourth-order valence-corrected chi connectivity index (χ4v) is 7.42. The molecule has 0 saturated heterocycles. The molecule has 0 spiro atoms. The maximum Gasteiger partial charge on any atom is 0.213 e. The number of thiophene rings is 1. The smallest absolute Gasteiger partial charge is 0.213 e. The average molecular weight is 1890 g/mol. The van der Waals surface area contributed by atoms with Crippen LogP contribution in [0.2, 0.25) is 0 Å². The van der Waals surface area contributed by atoms with Crippen LogP contribution < -0.4 is 0 Å². The van der Waals surface area contributed by atoms with E-state index >= 15 is 0 Å². The van der Waals surface area contributed by atoms with Gasteiger partial charge in [-0.25, -0.2) is 53.5 Å². The number of hydrogen-bond acceptors (Lipinski definition) is 53. The topological polar surface area (TPSA) is 590 Å². The molecule has 0 amide bonds. The Morgan fingerprint density at radius 1 is 0.285 bits per heavy atom. The molecule has 0 radical (unpaired) electrons.